The van der Waals surface area contributed by atoms with Crippen LogP contribution < -0.4 is 29.4 Å². The molecule has 4 aliphatic rings. The van der Waals surface area contributed by atoms with Crippen molar-refractivity contribution >= 4 is 156 Å². The molecule has 0 N–H and O–H groups in total. The highest BCUT2D eigenvalue weighted by molar-refractivity contribution is 6.19. The molecule has 2 aliphatic carbocycles. The minimum absolute atomic E-state index is 0. The van der Waals surface area contributed by atoms with E-state index in [-0.39, 0.29) is 7.43 Å². The minimum atomic E-state index is -0.453. The zero-order chi connectivity index (χ0) is 93.0. The normalized spacial score (nSPS) is 12.3. The van der Waals surface area contributed by atoms with Crippen LogP contribution in [0.1, 0.15) is 29.7 Å². The lowest BCUT2D eigenvalue weighted by atomic mass is 9.70. The third kappa shape index (κ3) is 13.8. The Morgan fingerprint density at radius 1 is 0.155 bits per heavy atom. The first-order valence-electron chi connectivity index (χ1n) is 48.6. The van der Waals surface area contributed by atoms with E-state index in [2.05, 4.69) is 575 Å². The first-order valence-corrected chi connectivity index (χ1v) is 48.6. The zero-order valence-corrected chi connectivity index (χ0v) is 77.1. The lowest BCUT2D eigenvalue weighted by Gasteiger charge is -2.34. The Hall–Kier alpha value is -18.6. The topological polar surface area (TPSA) is 19.4 Å². The monoisotopic (exact) mass is 1810 g/mol. The van der Waals surface area contributed by atoms with Crippen molar-refractivity contribution in [2.45, 2.75) is 12.8 Å². The average molecular weight is 1810 g/mol. The van der Waals surface area contributed by atoms with Crippen molar-refractivity contribution < 1.29 is 0 Å². The van der Waals surface area contributed by atoms with Gasteiger partial charge in [-0.1, -0.05) is 365 Å². The third-order valence-electron chi connectivity index (χ3n) is 29.3. The fourth-order valence-electron chi connectivity index (χ4n) is 23.1. The summed E-state index contributed by atoms with van der Waals surface area (Å²) < 4.78 is 0. The third-order valence-corrected chi connectivity index (χ3v) is 29.3. The largest absolute Gasteiger partial charge is 0.311 e. The van der Waals surface area contributed by atoms with E-state index >= 15 is 0 Å². The highest BCUT2D eigenvalue weighted by Crippen LogP contribution is 2.65. The van der Waals surface area contributed by atoms with Crippen molar-refractivity contribution in [1.82, 2.24) is 0 Å². The van der Waals surface area contributed by atoms with Gasteiger partial charge in [0.2, 0.25) is 0 Å². The van der Waals surface area contributed by atoms with Crippen LogP contribution in [0, 0.1) is 0 Å². The van der Waals surface area contributed by atoms with Gasteiger partial charge in [0, 0.05) is 101 Å². The van der Waals surface area contributed by atoms with Crippen molar-refractivity contribution in [2.24, 2.45) is 0 Å². The fourth-order valence-corrected chi connectivity index (χ4v) is 23.1. The Morgan fingerprint density at radius 3 is 1.03 bits per heavy atom. The highest BCUT2D eigenvalue weighted by atomic mass is 15.2. The Labute approximate surface area is 827 Å². The van der Waals surface area contributed by atoms with E-state index in [9.17, 15) is 0 Å². The summed E-state index contributed by atoms with van der Waals surface area (Å²) in [6.45, 7) is 0. The van der Waals surface area contributed by atoms with Crippen molar-refractivity contribution in [2.75, 3.05) is 29.4 Å². The minimum Gasteiger partial charge on any atom is -0.311 e. The van der Waals surface area contributed by atoms with Gasteiger partial charge in [0.25, 0.3) is 0 Å². The predicted molar refractivity (Wildman–Crippen MR) is 600 cm³/mol. The Balaban J connectivity index is 0.000000148. The van der Waals surface area contributed by atoms with Crippen LogP contribution in [0.15, 0.2) is 546 Å². The van der Waals surface area contributed by atoms with Gasteiger partial charge in [-0.15, -0.1) is 0 Å². The van der Waals surface area contributed by atoms with Crippen LogP contribution in [0.4, 0.5) is 102 Å². The molecular weight excluding hydrogens is 1720 g/mol. The molecule has 0 unspecified atom stereocenters. The molecule has 28 rings (SSSR count). The van der Waals surface area contributed by atoms with Crippen molar-refractivity contribution in [3.05, 3.63) is 568 Å². The van der Waals surface area contributed by atoms with Crippen LogP contribution in [0.5, 0.6) is 0 Å². The van der Waals surface area contributed by atoms with Crippen LogP contribution in [0.3, 0.4) is 0 Å². The van der Waals surface area contributed by atoms with E-state index in [0.717, 1.165) is 90.9 Å². The summed E-state index contributed by atoms with van der Waals surface area (Å²) in [5, 5.41) is 12.3. The molecule has 6 heteroatoms. The van der Waals surface area contributed by atoms with Gasteiger partial charge >= 0.3 is 0 Å². The van der Waals surface area contributed by atoms with E-state index in [1.54, 1.807) is 0 Å². The number of benzene rings is 24. The number of rotatable bonds is 16. The average Bonchev–Trinajstić information content (AvgIpc) is 1.50. The van der Waals surface area contributed by atoms with Gasteiger partial charge in [0.05, 0.1) is 39.5 Å². The van der Waals surface area contributed by atoms with Crippen LogP contribution in [0.2, 0.25) is 0 Å². The molecule has 0 saturated heterocycles. The van der Waals surface area contributed by atoms with Crippen molar-refractivity contribution in [3.63, 3.8) is 0 Å². The summed E-state index contributed by atoms with van der Waals surface area (Å²) in [5.74, 6) is 0. The molecule has 0 radical (unpaired) electrons. The summed E-state index contributed by atoms with van der Waals surface area (Å²) in [7, 11) is 0. The quantitative estimate of drug-likeness (QED) is 0.0953. The number of hydrogen-bond donors (Lipinski definition) is 0. The van der Waals surface area contributed by atoms with Crippen LogP contribution in [-0.2, 0) is 5.41 Å². The highest BCUT2D eigenvalue weighted by Gasteiger charge is 2.52. The zero-order valence-electron chi connectivity index (χ0n) is 77.1. The smallest absolute Gasteiger partial charge is 0.0726 e. The predicted octanol–water partition coefficient (Wildman–Crippen LogP) is 38.2. The van der Waals surface area contributed by atoms with Crippen molar-refractivity contribution in [3.8, 4) is 66.8 Å². The van der Waals surface area contributed by atoms with Gasteiger partial charge in [-0.25, -0.2) is 0 Å². The molecule has 6 nitrogen and oxygen atoms in total. The van der Waals surface area contributed by atoms with Crippen molar-refractivity contribution in [1.29, 1.82) is 0 Å². The first kappa shape index (κ1) is 83.9. The molecule has 24 aromatic carbocycles. The first-order chi connectivity index (χ1) is 70.0. The van der Waals surface area contributed by atoms with Gasteiger partial charge in [0.1, 0.15) is 0 Å². The number of hydrogen-bond acceptors (Lipinski definition) is 6. The molecule has 2 aliphatic heterocycles. The summed E-state index contributed by atoms with van der Waals surface area (Å²) in [6, 6.07) is 200. The maximum Gasteiger partial charge on any atom is 0.0726 e. The summed E-state index contributed by atoms with van der Waals surface area (Å²) in [6.07, 6.45) is 0. The Kier molecular flexibility index (Phi) is 20.6. The van der Waals surface area contributed by atoms with Gasteiger partial charge in [-0.05, 0) is 298 Å². The lowest BCUT2D eigenvalue weighted by molar-refractivity contribution is 0.793. The molecule has 0 amide bonds. The van der Waals surface area contributed by atoms with E-state index in [1.165, 1.54) is 154 Å². The molecule has 24 aromatic rings. The summed E-state index contributed by atoms with van der Waals surface area (Å²) in [4.78, 5) is 14.4. The molecule has 2 heterocycles. The van der Waals surface area contributed by atoms with E-state index in [0.29, 0.717) is 0 Å². The van der Waals surface area contributed by atoms with Gasteiger partial charge in [-0.3, -0.25) is 0 Å². The molecule has 0 saturated carbocycles. The molecule has 0 fully saturated rings. The van der Waals surface area contributed by atoms with Gasteiger partial charge < -0.3 is 29.4 Å². The number of para-hydroxylation sites is 5. The van der Waals surface area contributed by atoms with Crippen LogP contribution in [-0.4, -0.2) is 0 Å². The standard InChI is InChI=1S/C75H49N3.C60H41N3.CH4/c1-3-22-54(23-4-1)76(55-24-5-2-6-25-55)56-41-43-58(44-42-56)78-72-47-38-53(48-66(72)65-30-15-20-52-21-17-35-73(78)74(52)65)50-36-39-57(40-37-50)77(71-34-16-19-51-18-7-8-26-60(51)71)59-45-46-64-63-29-11-14-33-69(63)75(70(64)49-59)67-31-12-9-27-61(67)62-28-10-13-32-68(62)75;1-3-19-46(20-4-1)61(47-21-5-2-6-22-47)48-35-37-50(38-36-48)63-58-27-12-11-24-54(58)56-26-14-25-55-52(39-40-59(63)60(55)56)44-30-32-49(33-31-44)62(51-34-29-42-15-7-8-17-45(42)41-51)57-28-13-18-43-16-9-10-23-53(43)57;/h1-49H;1-41H;1H4. The number of nitrogens with zero attached hydrogens (tertiary/aromatic N) is 6. The van der Waals surface area contributed by atoms with E-state index < -0.39 is 5.41 Å². The molecular formula is C136H94N6. The molecule has 0 atom stereocenters. The molecule has 668 valence electrons. The Morgan fingerprint density at radius 2 is 0.486 bits per heavy atom. The second kappa shape index (κ2) is 34.9. The second-order valence-corrected chi connectivity index (χ2v) is 36.9. The molecule has 0 bridgehead atoms. The molecule has 0 aromatic heterocycles. The van der Waals surface area contributed by atoms with Crippen LogP contribution in [0.25, 0.3) is 121 Å². The fraction of sp³-hybridized carbons (Fsp3) is 0.0147. The van der Waals surface area contributed by atoms with E-state index in [4.69, 9.17) is 0 Å². The maximum atomic E-state index is 2.49. The van der Waals surface area contributed by atoms with Gasteiger partial charge in [0.15, 0.2) is 0 Å². The lowest BCUT2D eigenvalue weighted by Crippen LogP contribution is -2.26. The molecule has 142 heavy (non-hydrogen) atoms. The molecule has 1 spiro atoms. The SMILES string of the molecule is C.c1ccc(N(c2ccccc2)c2ccc(N3c4ccc(-c5ccc(N(c6ccc7c(c6)C6(c8ccccc8-c8ccccc86)c6ccccc6-7)c6cccc7ccccc67)cc5)cc4-c4cccc5cccc3c45)cc2)cc1.c1ccc(N(c2ccccc2)c2ccc(N3c4ccccc4-c4cccc5c(-c6ccc(N(c7ccc8ccccc8c7)c7cccc8ccccc78)cc6)ccc3c45)cc2)cc1. The summed E-state index contributed by atoms with van der Waals surface area (Å²) >= 11 is 0. The Bertz CT molecular complexity index is 8840. The number of fused-ring (bicyclic) bond motifs is 17. The van der Waals surface area contributed by atoms with E-state index in [1.807, 2.05) is 0 Å². The van der Waals surface area contributed by atoms with Crippen LogP contribution >= 0.6 is 0 Å². The summed E-state index contributed by atoms with van der Waals surface area (Å²) in [5.41, 5.74) is 40.0. The van der Waals surface area contributed by atoms with Gasteiger partial charge in [-0.2, -0.15) is 0 Å². The maximum absolute atomic E-state index is 2.49. The second-order valence-electron chi connectivity index (χ2n) is 36.9. The number of anilines is 18.